The molecule has 3 unspecified atom stereocenters. The molecule has 1 fully saturated rings. The summed E-state index contributed by atoms with van der Waals surface area (Å²) in [4.78, 5) is 1.34. The molecular formula is C23H26O2S2. The number of thioether (sulfide) groups is 1. The van der Waals surface area contributed by atoms with Crippen molar-refractivity contribution in [3.63, 3.8) is 0 Å². The van der Waals surface area contributed by atoms with Crippen molar-refractivity contribution >= 4 is 29.3 Å². The lowest BCUT2D eigenvalue weighted by Gasteiger charge is -2.47. The second-order valence-corrected chi connectivity index (χ2v) is 9.81. The van der Waals surface area contributed by atoms with Gasteiger partial charge in [-0.2, -0.15) is 12.6 Å². The first-order chi connectivity index (χ1) is 13.1. The summed E-state index contributed by atoms with van der Waals surface area (Å²) in [6.45, 7) is 0. The van der Waals surface area contributed by atoms with Gasteiger partial charge >= 0.3 is 0 Å². The first-order valence-electron chi connectivity index (χ1n) is 9.55. The van der Waals surface area contributed by atoms with Crippen molar-refractivity contribution in [1.29, 1.82) is 0 Å². The van der Waals surface area contributed by atoms with E-state index in [1.165, 1.54) is 35.3 Å². The van der Waals surface area contributed by atoms with Gasteiger partial charge in [-0.1, -0.05) is 55.3 Å². The Labute approximate surface area is 171 Å². The van der Waals surface area contributed by atoms with Crippen LogP contribution in [0.25, 0.3) is 4.91 Å². The molecule has 0 bridgehead atoms. The third-order valence-corrected chi connectivity index (χ3v) is 8.06. The monoisotopic (exact) mass is 398 g/mol. The SMILES string of the molecule is COc1ccc(C2C=C(c3ccccc3)SC3(S)CCCCC23)cc1OC. The molecule has 2 aromatic carbocycles. The van der Waals surface area contributed by atoms with Crippen LogP contribution in [0.2, 0.25) is 0 Å². The van der Waals surface area contributed by atoms with E-state index in [2.05, 4.69) is 48.5 Å². The zero-order chi connectivity index (χ0) is 18.9. The molecular weight excluding hydrogens is 372 g/mol. The van der Waals surface area contributed by atoms with Crippen LogP contribution in [0.4, 0.5) is 0 Å². The fourth-order valence-corrected chi connectivity index (χ4v) is 6.64. The van der Waals surface area contributed by atoms with Crippen LogP contribution in [0.3, 0.4) is 0 Å². The molecule has 0 spiro atoms. The molecule has 2 aromatic rings. The highest BCUT2D eigenvalue weighted by molar-refractivity contribution is 8.18. The van der Waals surface area contributed by atoms with Crippen LogP contribution in [0.1, 0.15) is 42.7 Å². The normalized spacial score (nSPS) is 27.4. The lowest BCUT2D eigenvalue weighted by molar-refractivity contribution is 0.320. The number of hydrogen-bond donors (Lipinski definition) is 1. The van der Waals surface area contributed by atoms with Gasteiger partial charge in [-0.05, 0) is 42.0 Å². The number of hydrogen-bond acceptors (Lipinski definition) is 4. The maximum atomic E-state index is 5.57. The molecule has 3 atom stereocenters. The van der Waals surface area contributed by atoms with E-state index in [1.54, 1.807) is 14.2 Å². The quantitative estimate of drug-likeness (QED) is 0.602. The molecule has 0 N–H and O–H groups in total. The van der Waals surface area contributed by atoms with Crippen molar-refractivity contribution < 1.29 is 9.47 Å². The summed E-state index contributed by atoms with van der Waals surface area (Å²) < 4.78 is 11.0. The maximum absolute atomic E-state index is 5.57. The minimum atomic E-state index is -0.0179. The van der Waals surface area contributed by atoms with Crippen LogP contribution < -0.4 is 9.47 Å². The summed E-state index contributed by atoms with van der Waals surface area (Å²) in [6.07, 6.45) is 7.36. The van der Waals surface area contributed by atoms with Gasteiger partial charge in [-0.15, -0.1) is 11.8 Å². The van der Waals surface area contributed by atoms with Crippen molar-refractivity contribution in [2.75, 3.05) is 14.2 Å². The smallest absolute Gasteiger partial charge is 0.161 e. The van der Waals surface area contributed by atoms with Gasteiger partial charge in [0, 0.05) is 10.8 Å². The summed E-state index contributed by atoms with van der Waals surface area (Å²) in [5.41, 5.74) is 2.57. The van der Waals surface area contributed by atoms with Crippen LogP contribution in [-0.2, 0) is 0 Å². The first kappa shape index (κ1) is 18.8. The number of allylic oxidation sites excluding steroid dienone is 1. The average Bonchev–Trinajstić information content (AvgIpc) is 2.72. The van der Waals surface area contributed by atoms with Gasteiger partial charge in [0.1, 0.15) is 0 Å². The standard InChI is InChI=1S/C23H26O2S2/c1-24-20-12-11-17(14-21(20)25-2)18-15-22(16-8-4-3-5-9-16)27-23(26)13-7-6-10-19(18)23/h3-5,8-9,11-12,14-15,18-19,26H,6-7,10,13H2,1-2H3. The van der Waals surface area contributed by atoms with Crippen molar-refractivity contribution in [1.82, 2.24) is 0 Å². The van der Waals surface area contributed by atoms with E-state index in [0.29, 0.717) is 11.8 Å². The fourth-order valence-electron chi connectivity index (χ4n) is 4.39. The molecule has 0 saturated heterocycles. The highest BCUT2D eigenvalue weighted by Crippen LogP contribution is 2.60. The summed E-state index contributed by atoms with van der Waals surface area (Å²) in [6, 6.07) is 17.0. The van der Waals surface area contributed by atoms with Gasteiger partial charge in [0.2, 0.25) is 0 Å². The summed E-state index contributed by atoms with van der Waals surface area (Å²) in [5, 5.41) is 0. The average molecular weight is 399 g/mol. The topological polar surface area (TPSA) is 18.5 Å². The molecule has 2 aliphatic rings. The summed E-state index contributed by atoms with van der Waals surface area (Å²) in [7, 11) is 3.38. The van der Waals surface area contributed by atoms with Crippen molar-refractivity contribution in [3.8, 4) is 11.5 Å². The van der Waals surface area contributed by atoms with Gasteiger partial charge < -0.3 is 9.47 Å². The molecule has 0 amide bonds. The van der Waals surface area contributed by atoms with E-state index in [1.807, 2.05) is 17.8 Å². The van der Waals surface area contributed by atoms with E-state index in [4.69, 9.17) is 22.1 Å². The van der Waals surface area contributed by atoms with Crippen LogP contribution >= 0.6 is 24.4 Å². The van der Waals surface area contributed by atoms with Gasteiger partial charge in [0.25, 0.3) is 0 Å². The van der Waals surface area contributed by atoms with E-state index in [-0.39, 0.29) is 4.08 Å². The third-order valence-electron chi connectivity index (χ3n) is 5.78. The van der Waals surface area contributed by atoms with Crippen LogP contribution in [0.5, 0.6) is 11.5 Å². The lowest BCUT2D eigenvalue weighted by atomic mass is 9.75. The minimum Gasteiger partial charge on any atom is -0.493 e. The molecule has 0 aromatic heterocycles. The Bertz CT molecular complexity index is 834. The number of benzene rings is 2. The molecule has 0 radical (unpaired) electrons. The highest BCUT2D eigenvalue weighted by Gasteiger charge is 2.46. The Hall–Kier alpha value is -1.52. The van der Waals surface area contributed by atoms with E-state index in [0.717, 1.165) is 17.9 Å². The van der Waals surface area contributed by atoms with Gasteiger partial charge in [0.05, 0.1) is 18.3 Å². The van der Waals surface area contributed by atoms with Crippen molar-refractivity contribution in [2.24, 2.45) is 5.92 Å². The Kier molecular flexibility index (Phi) is 5.47. The summed E-state index contributed by atoms with van der Waals surface area (Å²) in [5.74, 6) is 2.42. The number of thiol groups is 1. The molecule has 1 heterocycles. The van der Waals surface area contributed by atoms with Crippen molar-refractivity contribution in [2.45, 2.75) is 35.7 Å². The van der Waals surface area contributed by atoms with E-state index >= 15 is 0 Å². The molecule has 27 heavy (non-hydrogen) atoms. The molecule has 4 heteroatoms. The second-order valence-electron chi connectivity index (χ2n) is 7.34. The largest absolute Gasteiger partial charge is 0.493 e. The number of fused-ring (bicyclic) bond motifs is 1. The van der Waals surface area contributed by atoms with Gasteiger partial charge in [-0.3, -0.25) is 0 Å². The van der Waals surface area contributed by atoms with Crippen LogP contribution in [0, 0.1) is 5.92 Å². The zero-order valence-corrected chi connectivity index (χ0v) is 17.6. The van der Waals surface area contributed by atoms with Gasteiger partial charge in [-0.25, -0.2) is 0 Å². The number of rotatable bonds is 4. The maximum Gasteiger partial charge on any atom is 0.161 e. The molecule has 1 aliphatic carbocycles. The zero-order valence-electron chi connectivity index (χ0n) is 15.9. The highest BCUT2D eigenvalue weighted by atomic mass is 32.2. The third kappa shape index (κ3) is 3.62. The Balaban J connectivity index is 1.80. The van der Waals surface area contributed by atoms with Gasteiger partial charge in [0.15, 0.2) is 11.5 Å². The lowest BCUT2D eigenvalue weighted by Crippen LogP contribution is -2.38. The molecule has 1 saturated carbocycles. The predicted molar refractivity (Wildman–Crippen MR) is 118 cm³/mol. The minimum absolute atomic E-state index is 0.0179. The Morgan fingerprint density at radius 3 is 2.52 bits per heavy atom. The second kappa shape index (κ2) is 7.84. The van der Waals surface area contributed by atoms with E-state index < -0.39 is 0 Å². The van der Waals surface area contributed by atoms with Crippen LogP contribution in [-0.4, -0.2) is 18.3 Å². The molecule has 142 valence electrons. The Morgan fingerprint density at radius 2 is 1.78 bits per heavy atom. The first-order valence-corrected chi connectivity index (χ1v) is 10.8. The molecule has 4 rings (SSSR count). The molecule has 2 nitrogen and oxygen atoms in total. The predicted octanol–water partition coefficient (Wildman–Crippen LogP) is 6.39. The van der Waals surface area contributed by atoms with E-state index in [9.17, 15) is 0 Å². The Morgan fingerprint density at radius 1 is 1.00 bits per heavy atom. The number of ether oxygens (including phenoxy) is 2. The van der Waals surface area contributed by atoms with Crippen molar-refractivity contribution in [3.05, 3.63) is 65.7 Å². The fraction of sp³-hybridized carbons (Fsp3) is 0.391. The summed E-state index contributed by atoms with van der Waals surface area (Å²) >= 11 is 7.21. The molecule has 1 aliphatic heterocycles. The van der Waals surface area contributed by atoms with Crippen LogP contribution in [0.15, 0.2) is 54.6 Å². The number of methoxy groups -OCH3 is 2.